The first kappa shape index (κ1) is 13.4. The van der Waals surface area contributed by atoms with Gasteiger partial charge in [0.15, 0.2) is 0 Å². The van der Waals surface area contributed by atoms with Crippen molar-refractivity contribution in [2.75, 3.05) is 0 Å². The van der Waals surface area contributed by atoms with Crippen LogP contribution in [0.5, 0.6) is 5.75 Å². The van der Waals surface area contributed by atoms with Crippen LogP contribution in [0, 0.1) is 5.92 Å². The number of hydrogen-bond acceptors (Lipinski definition) is 2. The average molecular weight is 247 g/mol. The molecule has 2 unspecified atom stereocenters. The van der Waals surface area contributed by atoms with Crippen molar-refractivity contribution in [1.29, 1.82) is 0 Å². The van der Waals surface area contributed by atoms with Crippen LogP contribution in [0.1, 0.15) is 57.2 Å². The quantitative estimate of drug-likeness (QED) is 0.848. The molecule has 0 saturated carbocycles. The molecule has 0 heterocycles. The zero-order valence-electron chi connectivity index (χ0n) is 11.7. The molecule has 0 aliphatic heterocycles. The second kappa shape index (κ2) is 5.75. The summed E-state index contributed by atoms with van der Waals surface area (Å²) < 4.78 is 0. The van der Waals surface area contributed by atoms with Gasteiger partial charge in [-0.25, -0.2) is 0 Å². The summed E-state index contributed by atoms with van der Waals surface area (Å²) in [5, 5.41) is 13.3. The van der Waals surface area contributed by atoms with E-state index in [1.807, 2.05) is 12.1 Å². The van der Waals surface area contributed by atoms with Gasteiger partial charge in [-0.3, -0.25) is 0 Å². The molecule has 1 aliphatic carbocycles. The highest BCUT2D eigenvalue weighted by Gasteiger charge is 2.21. The predicted molar refractivity (Wildman–Crippen MR) is 75.8 cm³/mol. The van der Waals surface area contributed by atoms with Gasteiger partial charge in [0.2, 0.25) is 0 Å². The Labute approximate surface area is 110 Å². The number of phenols is 1. The van der Waals surface area contributed by atoms with Crippen LogP contribution in [0.4, 0.5) is 0 Å². The van der Waals surface area contributed by atoms with Crippen LogP contribution < -0.4 is 5.32 Å². The van der Waals surface area contributed by atoms with Crippen molar-refractivity contribution in [3.8, 4) is 5.75 Å². The Morgan fingerprint density at radius 1 is 1.33 bits per heavy atom. The third-order valence-electron chi connectivity index (χ3n) is 3.75. The van der Waals surface area contributed by atoms with Gasteiger partial charge in [-0.2, -0.15) is 0 Å². The first-order valence-corrected chi connectivity index (χ1v) is 7.14. The molecule has 2 atom stereocenters. The van der Waals surface area contributed by atoms with Crippen LogP contribution in [-0.2, 0) is 6.42 Å². The molecule has 2 nitrogen and oxygen atoms in total. The average Bonchev–Trinajstić information content (AvgIpc) is 2.27. The molecule has 0 bridgehead atoms. The summed E-state index contributed by atoms with van der Waals surface area (Å²) in [6.07, 6.45) is 4.73. The molecule has 2 rings (SSSR count). The maximum atomic E-state index is 9.55. The Morgan fingerprint density at radius 2 is 2.11 bits per heavy atom. The van der Waals surface area contributed by atoms with E-state index in [9.17, 15) is 5.11 Å². The summed E-state index contributed by atoms with van der Waals surface area (Å²) in [5.41, 5.74) is 2.70. The number of fused-ring (bicyclic) bond motifs is 1. The van der Waals surface area contributed by atoms with Gasteiger partial charge in [0.25, 0.3) is 0 Å². The van der Waals surface area contributed by atoms with E-state index >= 15 is 0 Å². The fraction of sp³-hybridized carbons (Fsp3) is 0.625. The summed E-state index contributed by atoms with van der Waals surface area (Å²) in [7, 11) is 0. The van der Waals surface area contributed by atoms with Crippen molar-refractivity contribution in [2.24, 2.45) is 5.92 Å². The number of phenolic OH excluding ortho intramolecular Hbond substituents is 1. The Kier molecular flexibility index (Phi) is 4.28. The topological polar surface area (TPSA) is 32.3 Å². The Morgan fingerprint density at radius 3 is 2.83 bits per heavy atom. The van der Waals surface area contributed by atoms with E-state index in [0.717, 1.165) is 12.3 Å². The normalized spacial score (nSPS) is 20.8. The van der Waals surface area contributed by atoms with Crippen LogP contribution in [0.3, 0.4) is 0 Å². The molecule has 2 N–H and O–H groups in total. The minimum atomic E-state index is 0.393. The van der Waals surface area contributed by atoms with Crippen molar-refractivity contribution in [3.63, 3.8) is 0 Å². The van der Waals surface area contributed by atoms with Gasteiger partial charge >= 0.3 is 0 Å². The first-order chi connectivity index (χ1) is 8.56. The van der Waals surface area contributed by atoms with Gasteiger partial charge in [0, 0.05) is 12.1 Å². The van der Waals surface area contributed by atoms with Crippen LogP contribution in [0.25, 0.3) is 0 Å². The molecule has 0 radical (unpaired) electrons. The van der Waals surface area contributed by atoms with Crippen LogP contribution >= 0.6 is 0 Å². The molecular weight excluding hydrogens is 222 g/mol. The largest absolute Gasteiger partial charge is 0.508 e. The Hall–Kier alpha value is -1.02. The van der Waals surface area contributed by atoms with Crippen molar-refractivity contribution in [2.45, 2.75) is 58.5 Å². The van der Waals surface area contributed by atoms with E-state index in [0.29, 0.717) is 17.8 Å². The zero-order valence-corrected chi connectivity index (χ0v) is 11.7. The van der Waals surface area contributed by atoms with E-state index < -0.39 is 0 Å². The lowest BCUT2D eigenvalue weighted by atomic mass is 9.87. The minimum Gasteiger partial charge on any atom is -0.508 e. The summed E-state index contributed by atoms with van der Waals surface area (Å²) >= 11 is 0. The molecule has 1 aliphatic rings. The molecule has 1 aromatic rings. The van der Waals surface area contributed by atoms with Crippen molar-refractivity contribution in [3.05, 3.63) is 29.3 Å². The number of aryl methyl sites for hydroxylation is 1. The van der Waals surface area contributed by atoms with Gasteiger partial charge < -0.3 is 10.4 Å². The number of rotatable bonds is 4. The number of hydrogen-bond donors (Lipinski definition) is 2. The predicted octanol–water partition coefficient (Wildman–Crippen LogP) is 3.79. The molecule has 0 amide bonds. The second-order valence-electron chi connectivity index (χ2n) is 6.03. The maximum absolute atomic E-state index is 9.55. The standard InChI is InChI=1S/C16H25NO/c1-11(2)9-12(3)17-16-6-4-5-13-10-14(18)7-8-15(13)16/h7-8,10-12,16-18H,4-6,9H2,1-3H3. The first-order valence-electron chi connectivity index (χ1n) is 7.14. The summed E-state index contributed by atoms with van der Waals surface area (Å²) in [6, 6.07) is 6.84. The van der Waals surface area contributed by atoms with Gasteiger partial charge in [0.05, 0.1) is 0 Å². The molecule has 1 aromatic carbocycles. The lowest BCUT2D eigenvalue weighted by molar-refractivity contribution is 0.366. The lowest BCUT2D eigenvalue weighted by Crippen LogP contribution is -2.33. The van der Waals surface area contributed by atoms with E-state index in [2.05, 4.69) is 32.2 Å². The number of benzene rings is 1. The van der Waals surface area contributed by atoms with Gasteiger partial charge in [0.1, 0.15) is 5.75 Å². The number of nitrogens with one attached hydrogen (secondary N) is 1. The highest BCUT2D eigenvalue weighted by atomic mass is 16.3. The lowest BCUT2D eigenvalue weighted by Gasteiger charge is -2.30. The fourth-order valence-corrected chi connectivity index (χ4v) is 3.09. The molecule has 2 heteroatoms. The third kappa shape index (κ3) is 3.26. The van der Waals surface area contributed by atoms with Crippen LogP contribution in [0.15, 0.2) is 18.2 Å². The SMILES string of the molecule is CC(C)CC(C)NC1CCCc2cc(O)ccc21. The second-order valence-corrected chi connectivity index (χ2v) is 6.03. The summed E-state index contributed by atoms with van der Waals surface area (Å²) in [6.45, 7) is 6.81. The van der Waals surface area contributed by atoms with E-state index in [-0.39, 0.29) is 0 Å². The van der Waals surface area contributed by atoms with Crippen LogP contribution in [0.2, 0.25) is 0 Å². The smallest absolute Gasteiger partial charge is 0.115 e. The van der Waals surface area contributed by atoms with E-state index in [4.69, 9.17) is 0 Å². The Balaban J connectivity index is 2.08. The van der Waals surface area contributed by atoms with Gasteiger partial charge in [-0.05, 0) is 61.8 Å². The molecule has 100 valence electrons. The highest BCUT2D eigenvalue weighted by molar-refractivity contribution is 5.38. The fourth-order valence-electron chi connectivity index (χ4n) is 3.09. The van der Waals surface area contributed by atoms with Crippen molar-refractivity contribution >= 4 is 0 Å². The molecule has 0 saturated heterocycles. The molecule has 0 spiro atoms. The van der Waals surface area contributed by atoms with E-state index in [1.165, 1.54) is 30.4 Å². The minimum absolute atomic E-state index is 0.393. The van der Waals surface area contributed by atoms with Gasteiger partial charge in [-0.1, -0.05) is 19.9 Å². The molecule has 18 heavy (non-hydrogen) atoms. The van der Waals surface area contributed by atoms with Crippen LogP contribution in [-0.4, -0.2) is 11.1 Å². The Bertz CT molecular complexity index is 400. The van der Waals surface area contributed by atoms with Crippen molar-refractivity contribution in [1.82, 2.24) is 5.32 Å². The summed E-state index contributed by atoms with van der Waals surface area (Å²) in [4.78, 5) is 0. The maximum Gasteiger partial charge on any atom is 0.115 e. The molecule has 0 aromatic heterocycles. The van der Waals surface area contributed by atoms with Gasteiger partial charge in [-0.15, -0.1) is 0 Å². The summed E-state index contributed by atoms with van der Waals surface area (Å²) in [5.74, 6) is 1.13. The van der Waals surface area contributed by atoms with E-state index in [1.54, 1.807) is 0 Å². The molecular formula is C16H25NO. The van der Waals surface area contributed by atoms with Crippen molar-refractivity contribution < 1.29 is 5.11 Å². The third-order valence-corrected chi connectivity index (χ3v) is 3.75. The number of aromatic hydroxyl groups is 1. The molecule has 0 fully saturated rings. The highest BCUT2D eigenvalue weighted by Crippen LogP contribution is 2.32. The monoisotopic (exact) mass is 247 g/mol. The zero-order chi connectivity index (χ0) is 13.1.